The van der Waals surface area contributed by atoms with Gasteiger partial charge in [-0.2, -0.15) is 43.9 Å². The van der Waals surface area contributed by atoms with Crippen molar-refractivity contribution in [1.82, 2.24) is 0 Å². The Bertz CT molecular complexity index is 1130. The van der Waals surface area contributed by atoms with Gasteiger partial charge in [-0.05, 0) is 53.9 Å². The van der Waals surface area contributed by atoms with Crippen molar-refractivity contribution in [2.24, 2.45) is 0 Å². The maximum absolute atomic E-state index is 13.6. The Kier molecular flexibility index (Phi) is 8.65. The lowest BCUT2D eigenvalue weighted by Crippen LogP contribution is -2.49. The number of halogens is 10. The Morgan fingerprint density at radius 1 is 0.917 bits per heavy atom. The van der Waals surface area contributed by atoms with E-state index in [1.807, 2.05) is 5.32 Å². The number of ether oxygens (including phenoxy) is 1. The monoisotopic (exact) mass is 572 g/mol. The summed E-state index contributed by atoms with van der Waals surface area (Å²) in [6.45, 7) is -0.966. The van der Waals surface area contributed by atoms with Crippen LogP contribution in [-0.4, -0.2) is 40.3 Å². The predicted octanol–water partition coefficient (Wildman–Crippen LogP) is 7.11. The van der Waals surface area contributed by atoms with Gasteiger partial charge in [-0.15, -0.1) is 0 Å². The van der Waals surface area contributed by atoms with E-state index in [0.717, 1.165) is 30.3 Å². The quantitative estimate of drug-likeness (QED) is 0.149. The van der Waals surface area contributed by atoms with E-state index < -0.39 is 85.1 Å². The molecule has 0 bridgehead atoms. The molecule has 0 atom stereocenters. The van der Waals surface area contributed by atoms with E-state index in [0.29, 0.717) is 12.1 Å². The first-order valence-electron chi connectivity index (χ1n) is 8.90. The summed E-state index contributed by atoms with van der Waals surface area (Å²) in [5, 5.41) is 7.56. The molecule has 0 saturated heterocycles. The van der Waals surface area contributed by atoms with Crippen molar-refractivity contribution >= 4 is 40.8 Å². The van der Waals surface area contributed by atoms with Gasteiger partial charge in [-0.25, -0.2) is 0 Å². The number of nitrogens with one attached hydrogen (secondary N) is 1. The van der Waals surface area contributed by atoms with Gasteiger partial charge in [0.25, 0.3) is 5.91 Å². The molecule has 0 radical (unpaired) electrons. The van der Waals surface area contributed by atoms with Gasteiger partial charge < -0.3 is 10.1 Å². The van der Waals surface area contributed by atoms with E-state index in [2.05, 4.69) is 0 Å². The number of alkyl halides is 10. The molecule has 0 aromatic heterocycles. The third kappa shape index (κ3) is 7.55. The van der Waals surface area contributed by atoms with Crippen LogP contribution in [0.1, 0.15) is 0 Å². The number of rotatable bonds is 9. The summed E-state index contributed by atoms with van der Waals surface area (Å²) < 4.78 is 132. The molecule has 0 aliphatic carbocycles. The fourth-order valence-corrected chi connectivity index (χ4v) is 3.76. The van der Waals surface area contributed by atoms with Gasteiger partial charge in [0.05, 0.1) is 4.92 Å². The maximum Gasteiger partial charge on any atom is 0.460 e. The van der Waals surface area contributed by atoms with E-state index in [1.165, 1.54) is 0 Å². The number of nitro groups is 1. The Morgan fingerprint density at radius 3 is 2.08 bits per heavy atom. The number of anilines is 1. The van der Waals surface area contributed by atoms with Crippen LogP contribution in [0.15, 0.2) is 52.3 Å². The van der Waals surface area contributed by atoms with Gasteiger partial charge in [0, 0.05) is 21.5 Å². The number of benzene rings is 2. The molecule has 36 heavy (non-hydrogen) atoms. The molecule has 198 valence electrons. The number of hydrogen-bond acceptors (Lipinski definition) is 6. The molecule has 1 N–H and O–H groups in total. The zero-order valence-corrected chi connectivity index (χ0v) is 18.6. The first-order chi connectivity index (χ1) is 16.3. The van der Waals surface area contributed by atoms with Crippen LogP contribution in [-0.2, 0) is 4.79 Å². The van der Waals surface area contributed by atoms with Gasteiger partial charge >= 0.3 is 28.5 Å². The van der Waals surface area contributed by atoms with Crippen molar-refractivity contribution in [2.45, 2.75) is 32.7 Å². The molecule has 2 aromatic rings. The largest absolute Gasteiger partial charge is 0.477 e. The van der Waals surface area contributed by atoms with Crippen molar-refractivity contribution in [3.63, 3.8) is 0 Å². The van der Waals surface area contributed by atoms with Crippen molar-refractivity contribution in [3.8, 4) is 5.75 Å². The van der Waals surface area contributed by atoms with Gasteiger partial charge in [0.2, 0.25) is 0 Å². The van der Waals surface area contributed by atoms with Gasteiger partial charge in [0.1, 0.15) is 0 Å². The number of nitrogens with zero attached hydrogens (tertiary/aromatic N) is 1. The number of nitro benzene ring substituents is 1. The molecular weight excluding hydrogens is 562 g/mol. The lowest BCUT2D eigenvalue weighted by molar-refractivity contribution is -0.386. The smallest absolute Gasteiger partial charge is 0.460 e. The van der Waals surface area contributed by atoms with Crippen molar-refractivity contribution in [2.75, 3.05) is 11.9 Å². The van der Waals surface area contributed by atoms with Crippen molar-refractivity contribution in [1.29, 1.82) is 0 Å². The van der Waals surface area contributed by atoms with Crippen LogP contribution in [0, 0.1) is 10.1 Å². The highest BCUT2D eigenvalue weighted by molar-refractivity contribution is 8.00. The molecule has 0 heterocycles. The van der Waals surface area contributed by atoms with Crippen LogP contribution in [0.4, 0.5) is 55.3 Å². The summed E-state index contributed by atoms with van der Waals surface area (Å²) in [5.74, 6) is -8.02. The minimum Gasteiger partial charge on any atom is -0.477 e. The first-order valence-corrected chi connectivity index (χ1v) is 10.5. The highest BCUT2D eigenvalue weighted by Gasteiger charge is 2.73. The molecule has 2 rings (SSSR count). The maximum atomic E-state index is 13.6. The second kappa shape index (κ2) is 10.6. The normalized spacial score (nSPS) is 12.8. The standard InChI is InChI=1S/C18H10F10N2O4S2/c19-15(20,16(21,22)23)17(24,25)35-10-3-1-2-9(6-10)29-14(31)8-34-13-5-4-11(36-18(26,27)28)7-12(13)30(32)33/h1-7H,8H2,(H,29,31). The van der Waals surface area contributed by atoms with Crippen molar-refractivity contribution < 1.29 is 58.4 Å². The summed E-state index contributed by atoms with van der Waals surface area (Å²) >= 11 is -1.73. The highest BCUT2D eigenvalue weighted by atomic mass is 32.2. The molecule has 2 aromatic carbocycles. The molecule has 0 saturated carbocycles. The summed E-state index contributed by atoms with van der Waals surface area (Å²) in [5.41, 5.74) is -5.95. The molecule has 18 heteroatoms. The van der Waals surface area contributed by atoms with E-state index in [1.54, 1.807) is 0 Å². The van der Waals surface area contributed by atoms with E-state index in [-0.39, 0.29) is 5.69 Å². The molecule has 0 spiro atoms. The second-order valence-corrected chi connectivity index (χ2v) is 8.82. The highest BCUT2D eigenvalue weighted by Crippen LogP contribution is 2.54. The Labute approximate surface area is 202 Å². The fourth-order valence-electron chi connectivity index (χ4n) is 2.31. The van der Waals surface area contributed by atoms with Crippen LogP contribution < -0.4 is 10.1 Å². The topological polar surface area (TPSA) is 81.5 Å². The fraction of sp³-hybridized carbons (Fsp3) is 0.278. The SMILES string of the molecule is O=C(COc1ccc(SC(F)(F)F)cc1[N+](=O)[O-])Nc1cccc(SC(F)(F)C(F)(F)C(F)(F)F)c1. The third-order valence-corrected chi connectivity index (χ3v) is 5.53. The Balaban J connectivity index is 2.09. The van der Waals surface area contributed by atoms with Gasteiger partial charge in [-0.3, -0.25) is 14.9 Å². The van der Waals surface area contributed by atoms with Gasteiger partial charge in [-0.1, -0.05) is 6.07 Å². The summed E-state index contributed by atoms with van der Waals surface area (Å²) in [4.78, 5) is 20.8. The molecular formula is C18H10F10N2O4S2. The molecule has 0 unspecified atom stereocenters. The molecule has 0 aliphatic heterocycles. The summed E-state index contributed by atoms with van der Waals surface area (Å²) in [7, 11) is 0. The predicted molar refractivity (Wildman–Crippen MR) is 107 cm³/mol. The average molecular weight is 572 g/mol. The molecule has 0 aliphatic rings. The molecule has 1 amide bonds. The van der Waals surface area contributed by atoms with E-state index >= 15 is 0 Å². The van der Waals surface area contributed by atoms with Crippen LogP contribution in [0.3, 0.4) is 0 Å². The summed E-state index contributed by atoms with van der Waals surface area (Å²) in [6, 6.07) is 5.67. The summed E-state index contributed by atoms with van der Waals surface area (Å²) in [6.07, 6.45) is -6.53. The third-order valence-electron chi connectivity index (χ3n) is 3.80. The number of carbonyl (C=O) groups is 1. The lowest BCUT2D eigenvalue weighted by atomic mass is 10.3. The molecule has 0 fully saturated rings. The zero-order chi connectivity index (χ0) is 27.5. The first kappa shape index (κ1) is 29.3. The number of amides is 1. The van der Waals surface area contributed by atoms with Crippen molar-refractivity contribution in [3.05, 3.63) is 52.6 Å². The molecule has 6 nitrogen and oxygen atoms in total. The second-order valence-electron chi connectivity index (χ2n) is 6.49. The van der Waals surface area contributed by atoms with Gasteiger partial charge in [0.15, 0.2) is 12.4 Å². The van der Waals surface area contributed by atoms with Crippen LogP contribution in [0.25, 0.3) is 0 Å². The van der Waals surface area contributed by atoms with Crippen LogP contribution >= 0.6 is 23.5 Å². The number of hydrogen-bond donors (Lipinski definition) is 1. The van der Waals surface area contributed by atoms with Crippen LogP contribution in [0.5, 0.6) is 5.75 Å². The lowest BCUT2D eigenvalue weighted by Gasteiger charge is -2.27. The number of thioether (sulfide) groups is 2. The number of carbonyl (C=O) groups excluding carboxylic acids is 1. The average Bonchev–Trinajstić information content (AvgIpc) is 2.70. The Morgan fingerprint density at radius 2 is 1.53 bits per heavy atom. The van der Waals surface area contributed by atoms with E-state index in [4.69, 9.17) is 4.74 Å². The minimum atomic E-state index is -6.53. The Hall–Kier alpha value is -2.89. The minimum absolute atomic E-state index is 0.328. The van der Waals surface area contributed by atoms with Crippen LogP contribution in [0.2, 0.25) is 0 Å². The van der Waals surface area contributed by atoms with E-state index in [9.17, 15) is 58.8 Å². The zero-order valence-electron chi connectivity index (χ0n) is 16.9.